The summed E-state index contributed by atoms with van der Waals surface area (Å²) in [5.41, 5.74) is 2.08. The van der Waals surface area contributed by atoms with E-state index in [0.717, 1.165) is 9.87 Å². The zero-order chi connectivity index (χ0) is 21.7. The summed E-state index contributed by atoms with van der Waals surface area (Å²) in [7, 11) is 0. The third-order valence-corrected chi connectivity index (χ3v) is 4.79. The average Bonchev–Trinajstić information content (AvgIpc) is 2.74. The van der Waals surface area contributed by atoms with E-state index in [2.05, 4.69) is 23.4 Å². The number of nitrogens with zero attached hydrogens (tertiary/aromatic N) is 1. The minimum Gasteiger partial charge on any atom is -0.330 e. The monoisotopic (exact) mass is 427 g/mol. The number of hydrogen-bond acceptors (Lipinski definition) is 3. The van der Waals surface area contributed by atoms with Gasteiger partial charge in [-0.2, -0.15) is 0 Å². The van der Waals surface area contributed by atoms with Crippen molar-refractivity contribution < 1.29 is 18.4 Å². The standard InChI is InChI=1S/C22H19F2N3O2S/c1-14(15-2-6-17(23)7-3-15)25-22(29)27(30)20-12-10-19(11-13-20)26-21(28)16-4-8-18(24)9-5-16/h2-14,30H,1H3,(H,25,29)(H,26,28). The number of hydrogen-bond donors (Lipinski definition) is 3. The van der Waals surface area contributed by atoms with Crippen molar-refractivity contribution in [2.75, 3.05) is 9.62 Å². The van der Waals surface area contributed by atoms with Crippen LogP contribution in [-0.2, 0) is 0 Å². The van der Waals surface area contributed by atoms with Crippen LogP contribution in [-0.4, -0.2) is 11.9 Å². The highest BCUT2D eigenvalue weighted by molar-refractivity contribution is 7.82. The zero-order valence-electron chi connectivity index (χ0n) is 16.0. The van der Waals surface area contributed by atoms with Gasteiger partial charge in [0.1, 0.15) is 11.6 Å². The number of carbonyl (C=O) groups excluding carboxylic acids is 2. The van der Waals surface area contributed by atoms with Gasteiger partial charge in [-0.15, -0.1) is 0 Å². The topological polar surface area (TPSA) is 61.4 Å². The van der Waals surface area contributed by atoms with E-state index in [9.17, 15) is 18.4 Å². The van der Waals surface area contributed by atoms with Crippen LogP contribution in [0.3, 0.4) is 0 Å². The van der Waals surface area contributed by atoms with Crippen LogP contribution >= 0.6 is 12.8 Å². The molecular formula is C22H19F2N3O2S. The van der Waals surface area contributed by atoms with Crippen molar-refractivity contribution in [1.82, 2.24) is 5.32 Å². The van der Waals surface area contributed by atoms with Crippen LogP contribution in [0, 0.1) is 11.6 Å². The Hall–Kier alpha value is -3.39. The minimum absolute atomic E-state index is 0.324. The first kappa shape index (κ1) is 21.3. The first-order chi connectivity index (χ1) is 14.3. The van der Waals surface area contributed by atoms with E-state index < -0.39 is 11.8 Å². The second-order valence-electron chi connectivity index (χ2n) is 6.54. The number of anilines is 2. The van der Waals surface area contributed by atoms with Crippen molar-refractivity contribution in [2.45, 2.75) is 13.0 Å². The summed E-state index contributed by atoms with van der Waals surface area (Å²) in [6.45, 7) is 1.78. The number of amides is 3. The Morgan fingerprint density at radius 1 is 0.867 bits per heavy atom. The molecule has 0 aliphatic rings. The van der Waals surface area contributed by atoms with E-state index in [1.807, 2.05) is 0 Å². The lowest BCUT2D eigenvalue weighted by Crippen LogP contribution is -2.35. The Labute approximate surface area is 178 Å². The predicted molar refractivity (Wildman–Crippen MR) is 116 cm³/mol. The van der Waals surface area contributed by atoms with E-state index in [0.29, 0.717) is 16.9 Å². The SMILES string of the molecule is CC(NC(=O)N(S)c1ccc(NC(=O)c2ccc(F)cc2)cc1)c1ccc(F)cc1. The van der Waals surface area contributed by atoms with Crippen LogP contribution in [0.2, 0.25) is 0 Å². The lowest BCUT2D eigenvalue weighted by atomic mass is 10.1. The number of carbonyl (C=O) groups is 2. The summed E-state index contributed by atoms with van der Waals surface area (Å²) < 4.78 is 27.1. The lowest BCUT2D eigenvalue weighted by molar-refractivity contribution is 0.102. The number of thiol groups is 1. The Morgan fingerprint density at radius 3 is 1.97 bits per heavy atom. The second-order valence-corrected chi connectivity index (χ2v) is 6.94. The second kappa shape index (κ2) is 9.41. The van der Waals surface area contributed by atoms with Crippen molar-refractivity contribution in [3.63, 3.8) is 0 Å². The average molecular weight is 427 g/mol. The summed E-state index contributed by atoms with van der Waals surface area (Å²) >= 11 is 4.23. The Kier molecular flexibility index (Phi) is 6.68. The molecule has 0 aromatic heterocycles. The van der Waals surface area contributed by atoms with Gasteiger partial charge in [0.25, 0.3) is 5.91 Å². The van der Waals surface area contributed by atoms with Crippen molar-refractivity contribution >= 4 is 36.1 Å². The first-order valence-corrected chi connectivity index (χ1v) is 9.45. The van der Waals surface area contributed by atoms with Crippen LogP contribution in [0.25, 0.3) is 0 Å². The van der Waals surface area contributed by atoms with Crippen LogP contribution in [0.15, 0.2) is 72.8 Å². The summed E-state index contributed by atoms with van der Waals surface area (Å²) in [5, 5.41) is 5.47. The van der Waals surface area contributed by atoms with Crippen LogP contribution in [0.1, 0.15) is 28.9 Å². The largest absolute Gasteiger partial charge is 0.332 e. The number of halogens is 2. The molecule has 0 saturated heterocycles. The third-order valence-electron chi connectivity index (χ3n) is 4.38. The molecule has 0 bridgehead atoms. The highest BCUT2D eigenvalue weighted by atomic mass is 32.1. The molecule has 3 aromatic rings. The Morgan fingerprint density at radius 2 is 1.40 bits per heavy atom. The molecule has 154 valence electrons. The molecule has 0 fully saturated rings. The van der Waals surface area contributed by atoms with Gasteiger partial charge < -0.3 is 10.6 Å². The van der Waals surface area contributed by atoms with E-state index in [1.54, 1.807) is 43.3 Å². The molecule has 0 aliphatic carbocycles. The molecule has 3 rings (SSSR count). The van der Waals surface area contributed by atoms with Crippen LogP contribution in [0.5, 0.6) is 0 Å². The molecule has 3 amide bonds. The van der Waals surface area contributed by atoms with Gasteiger partial charge >= 0.3 is 6.03 Å². The molecule has 30 heavy (non-hydrogen) atoms. The van der Waals surface area contributed by atoms with Gasteiger partial charge in [0.2, 0.25) is 0 Å². The van der Waals surface area contributed by atoms with Gasteiger partial charge in [-0.3, -0.25) is 4.79 Å². The summed E-state index contributed by atoms with van der Waals surface area (Å²) in [5.74, 6) is -1.15. The zero-order valence-corrected chi connectivity index (χ0v) is 16.9. The van der Waals surface area contributed by atoms with Gasteiger partial charge in [0.15, 0.2) is 0 Å². The molecule has 8 heteroatoms. The fourth-order valence-corrected chi connectivity index (χ4v) is 2.88. The lowest BCUT2D eigenvalue weighted by Gasteiger charge is -2.21. The highest BCUT2D eigenvalue weighted by Crippen LogP contribution is 2.21. The summed E-state index contributed by atoms with van der Waals surface area (Å²) in [6, 6.07) is 16.7. The van der Waals surface area contributed by atoms with Crippen molar-refractivity contribution in [1.29, 1.82) is 0 Å². The van der Waals surface area contributed by atoms with E-state index in [4.69, 9.17) is 0 Å². The number of nitrogens with one attached hydrogen (secondary N) is 2. The molecule has 2 N–H and O–H groups in total. The van der Waals surface area contributed by atoms with Crippen LogP contribution < -0.4 is 14.9 Å². The maximum Gasteiger partial charge on any atom is 0.332 e. The van der Waals surface area contributed by atoms with Gasteiger partial charge in [-0.25, -0.2) is 17.9 Å². The van der Waals surface area contributed by atoms with Crippen molar-refractivity contribution in [3.8, 4) is 0 Å². The van der Waals surface area contributed by atoms with Crippen molar-refractivity contribution in [2.24, 2.45) is 0 Å². The molecule has 5 nitrogen and oxygen atoms in total. The molecular weight excluding hydrogens is 408 g/mol. The van der Waals surface area contributed by atoms with Gasteiger partial charge in [0.05, 0.1) is 11.7 Å². The maximum atomic E-state index is 13.0. The Balaban J connectivity index is 1.60. The van der Waals surface area contributed by atoms with Gasteiger partial charge in [-0.1, -0.05) is 24.9 Å². The predicted octanol–water partition coefficient (Wildman–Crippen LogP) is 5.34. The molecule has 0 saturated carbocycles. The van der Waals surface area contributed by atoms with Gasteiger partial charge in [0, 0.05) is 11.3 Å². The molecule has 0 aliphatic heterocycles. The molecule has 0 heterocycles. The first-order valence-electron chi connectivity index (χ1n) is 9.05. The fourth-order valence-electron chi connectivity index (χ4n) is 2.69. The number of benzene rings is 3. The number of urea groups is 1. The molecule has 0 radical (unpaired) electrons. The quantitative estimate of drug-likeness (QED) is 0.482. The molecule has 0 spiro atoms. The summed E-state index contributed by atoms with van der Waals surface area (Å²) in [6.07, 6.45) is 0. The minimum atomic E-state index is -0.460. The molecule has 3 aromatic carbocycles. The third kappa shape index (κ3) is 5.36. The van der Waals surface area contributed by atoms with E-state index in [1.165, 1.54) is 36.4 Å². The van der Waals surface area contributed by atoms with Crippen LogP contribution in [0.4, 0.5) is 25.0 Å². The molecule has 1 unspecified atom stereocenters. The number of rotatable bonds is 5. The maximum absolute atomic E-state index is 13.0. The van der Waals surface area contributed by atoms with E-state index in [-0.39, 0.29) is 17.8 Å². The summed E-state index contributed by atoms with van der Waals surface area (Å²) in [4.78, 5) is 24.6. The highest BCUT2D eigenvalue weighted by Gasteiger charge is 2.16. The van der Waals surface area contributed by atoms with Gasteiger partial charge in [-0.05, 0) is 73.2 Å². The van der Waals surface area contributed by atoms with E-state index >= 15 is 0 Å². The smallest absolute Gasteiger partial charge is 0.330 e. The normalized spacial score (nSPS) is 11.5. The Bertz CT molecular complexity index is 1030. The fraction of sp³-hybridized carbons (Fsp3) is 0.0909. The van der Waals surface area contributed by atoms with Crippen molar-refractivity contribution in [3.05, 3.63) is 95.6 Å². The molecule has 1 atom stereocenters.